The smallest absolute Gasteiger partial charge is 0.373 e. The first-order valence-electron chi connectivity index (χ1n) is 8.00. The molecule has 28 heavy (non-hydrogen) atoms. The number of aromatic hydroxyl groups is 1. The van der Waals surface area contributed by atoms with Gasteiger partial charge in [-0.2, -0.15) is 9.59 Å². The van der Waals surface area contributed by atoms with Crippen molar-refractivity contribution < 1.29 is 27.9 Å². The minimum absolute atomic E-state index is 0.167. The van der Waals surface area contributed by atoms with Gasteiger partial charge in [0.15, 0.2) is 17.4 Å². The fourth-order valence-electron chi connectivity index (χ4n) is 2.93. The van der Waals surface area contributed by atoms with Gasteiger partial charge in [-0.3, -0.25) is 4.79 Å². The standard InChI is InChI=1S/C20H12F2O3.CO2/c1-10-2-4-11(5-3-10)20-12-6-14(21)16(23)8-18(12)25-19-9-17(24)15(22)7-13(19)20;2-1-3/h2-9,23H,1H3;. The highest BCUT2D eigenvalue weighted by atomic mass is 19.1. The summed E-state index contributed by atoms with van der Waals surface area (Å²) in [6, 6.07) is 11.9. The van der Waals surface area contributed by atoms with Gasteiger partial charge in [-0.25, -0.2) is 8.78 Å². The number of hydrogen-bond acceptors (Lipinski definition) is 5. The van der Waals surface area contributed by atoms with Crippen molar-refractivity contribution in [3.63, 3.8) is 0 Å². The Balaban J connectivity index is 0.000000706. The number of fused-ring (bicyclic) bond motifs is 2. The Kier molecular flexibility index (Phi) is 5.02. The van der Waals surface area contributed by atoms with Crippen molar-refractivity contribution in [2.75, 3.05) is 0 Å². The Labute approximate surface area is 156 Å². The second kappa shape index (κ2) is 7.42. The molecule has 7 heteroatoms. The van der Waals surface area contributed by atoms with E-state index in [4.69, 9.17) is 14.0 Å². The molecule has 0 atom stereocenters. The van der Waals surface area contributed by atoms with Gasteiger partial charge < -0.3 is 9.52 Å². The van der Waals surface area contributed by atoms with Crippen molar-refractivity contribution in [2.45, 2.75) is 6.92 Å². The topological polar surface area (TPSA) is 84.6 Å². The van der Waals surface area contributed by atoms with E-state index in [1.807, 2.05) is 31.2 Å². The Morgan fingerprint density at radius 3 is 2.25 bits per heavy atom. The lowest BCUT2D eigenvalue weighted by molar-refractivity contribution is -0.191. The van der Waals surface area contributed by atoms with Crippen LogP contribution in [0.25, 0.3) is 33.4 Å². The van der Waals surface area contributed by atoms with Crippen LogP contribution in [0.15, 0.2) is 57.7 Å². The minimum atomic E-state index is -0.908. The van der Waals surface area contributed by atoms with Crippen molar-refractivity contribution >= 4 is 17.1 Å². The van der Waals surface area contributed by atoms with E-state index < -0.39 is 22.8 Å². The molecule has 140 valence electrons. The van der Waals surface area contributed by atoms with E-state index >= 15 is 0 Å². The van der Waals surface area contributed by atoms with Gasteiger partial charge in [-0.05, 0) is 24.6 Å². The summed E-state index contributed by atoms with van der Waals surface area (Å²) >= 11 is 0. The van der Waals surface area contributed by atoms with Crippen molar-refractivity contribution in [1.82, 2.24) is 0 Å². The molecule has 2 aromatic rings. The lowest BCUT2D eigenvalue weighted by Crippen LogP contribution is -2.06. The average Bonchev–Trinajstić information content (AvgIpc) is 2.64. The van der Waals surface area contributed by atoms with Crippen LogP contribution in [-0.4, -0.2) is 11.3 Å². The Hall–Kier alpha value is -3.83. The lowest BCUT2D eigenvalue weighted by Gasteiger charge is -2.15. The summed E-state index contributed by atoms with van der Waals surface area (Å²) in [5.41, 5.74) is 2.06. The molecule has 0 fully saturated rings. The second-order valence-electron chi connectivity index (χ2n) is 6.00. The third-order valence-electron chi connectivity index (χ3n) is 4.18. The van der Waals surface area contributed by atoms with Crippen LogP contribution < -0.4 is 5.43 Å². The van der Waals surface area contributed by atoms with Gasteiger partial charge in [0, 0.05) is 28.6 Å². The lowest BCUT2D eigenvalue weighted by atomic mass is 9.93. The zero-order valence-electron chi connectivity index (χ0n) is 14.5. The maximum atomic E-state index is 13.9. The molecule has 1 aliphatic carbocycles. The maximum Gasteiger partial charge on any atom is 0.373 e. The third kappa shape index (κ3) is 3.39. The molecule has 0 radical (unpaired) electrons. The van der Waals surface area contributed by atoms with Crippen LogP contribution in [0.3, 0.4) is 0 Å². The molecule has 4 rings (SSSR count). The Bertz CT molecular complexity index is 1240. The molecule has 0 saturated heterocycles. The largest absolute Gasteiger partial charge is 0.505 e. The zero-order valence-corrected chi connectivity index (χ0v) is 14.5. The van der Waals surface area contributed by atoms with Crippen molar-refractivity contribution in [1.29, 1.82) is 0 Å². The van der Waals surface area contributed by atoms with Gasteiger partial charge in [-0.15, -0.1) is 0 Å². The van der Waals surface area contributed by atoms with Crippen LogP contribution in [0.1, 0.15) is 5.56 Å². The molecule has 0 saturated carbocycles. The highest BCUT2D eigenvalue weighted by Gasteiger charge is 2.20. The van der Waals surface area contributed by atoms with Crippen LogP contribution in [0.4, 0.5) is 8.78 Å². The van der Waals surface area contributed by atoms with E-state index in [0.717, 1.165) is 35.4 Å². The first-order valence-corrected chi connectivity index (χ1v) is 8.00. The molecule has 0 bridgehead atoms. The molecule has 0 aromatic heterocycles. The molecule has 5 nitrogen and oxygen atoms in total. The molecule has 0 amide bonds. The first kappa shape index (κ1) is 18.9. The Morgan fingerprint density at radius 2 is 1.61 bits per heavy atom. The minimum Gasteiger partial charge on any atom is -0.505 e. The quantitative estimate of drug-likeness (QED) is 0.497. The second-order valence-corrected chi connectivity index (χ2v) is 6.00. The first-order chi connectivity index (χ1) is 13.3. The van der Waals surface area contributed by atoms with Gasteiger partial charge in [0.2, 0.25) is 5.43 Å². The average molecular weight is 382 g/mol. The molecule has 2 aromatic carbocycles. The molecule has 2 aliphatic rings. The van der Waals surface area contributed by atoms with E-state index in [2.05, 4.69) is 0 Å². The van der Waals surface area contributed by atoms with Crippen LogP contribution in [0.5, 0.6) is 5.75 Å². The van der Waals surface area contributed by atoms with Crippen LogP contribution in [-0.2, 0) is 9.59 Å². The van der Waals surface area contributed by atoms with E-state index in [1.165, 1.54) is 0 Å². The zero-order chi connectivity index (χ0) is 20.4. The molecule has 1 N–H and O–H groups in total. The number of aryl methyl sites for hydroxylation is 1. The van der Waals surface area contributed by atoms with Crippen LogP contribution in [0, 0.1) is 18.6 Å². The molecule has 0 unspecified atom stereocenters. The van der Waals surface area contributed by atoms with E-state index in [1.54, 1.807) is 0 Å². The third-order valence-corrected chi connectivity index (χ3v) is 4.18. The van der Waals surface area contributed by atoms with Crippen molar-refractivity contribution in [3.05, 3.63) is 76.0 Å². The van der Waals surface area contributed by atoms with Crippen LogP contribution in [0.2, 0.25) is 0 Å². The van der Waals surface area contributed by atoms with E-state index in [9.17, 15) is 18.7 Å². The fourth-order valence-corrected chi connectivity index (χ4v) is 2.93. The number of phenolic OH excluding ortho intramolecular Hbond substituents is 1. The number of benzene rings is 3. The summed E-state index contributed by atoms with van der Waals surface area (Å²) in [5.74, 6) is -2.11. The van der Waals surface area contributed by atoms with Gasteiger partial charge in [0.25, 0.3) is 0 Å². The number of rotatable bonds is 1. The monoisotopic (exact) mass is 382 g/mol. The predicted molar refractivity (Wildman–Crippen MR) is 95.9 cm³/mol. The normalized spacial score (nSPS) is 10.4. The van der Waals surface area contributed by atoms with Gasteiger partial charge in [-0.1, -0.05) is 29.8 Å². The summed E-state index contributed by atoms with van der Waals surface area (Å²) < 4.78 is 33.4. The molecular weight excluding hydrogens is 370 g/mol. The number of carbonyl (C=O) groups excluding carboxylic acids is 2. The molecule has 1 heterocycles. The predicted octanol–water partition coefficient (Wildman–Crippen LogP) is 4.27. The van der Waals surface area contributed by atoms with Crippen LogP contribution >= 0.6 is 0 Å². The maximum absolute atomic E-state index is 13.9. The number of halogens is 2. The van der Waals surface area contributed by atoms with E-state index in [-0.39, 0.29) is 17.5 Å². The number of phenols is 1. The molecular formula is C21H12F2O5. The van der Waals surface area contributed by atoms with E-state index in [0.29, 0.717) is 16.5 Å². The summed E-state index contributed by atoms with van der Waals surface area (Å²) in [7, 11) is 0. The summed E-state index contributed by atoms with van der Waals surface area (Å²) in [6.07, 6.45) is 0.250. The Morgan fingerprint density at radius 1 is 0.964 bits per heavy atom. The fraction of sp³-hybridized carbons (Fsp3) is 0.0476. The van der Waals surface area contributed by atoms with Gasteiger partial charge in [0.05, 0.1) is 0 Å². The highest BCUT2D eigenvalue weighted by Crippen LogP contribution is 2.41. The number of hydrogen-bond donors (Lipinski definition) is 1. The summed E-state index contributed by atoms with van der Waals surface area (Å²) in [5, 5.41) is 10.0. The summed E-state index contributed by atoms with van der Waals surface area (Å²) in [4.78, 5) is 27.9. The van der Waals surface area contributed by atoms with Gasteiger partial charge >= 0.3 is 6.15 Å². The van der Waals surface area contributed by atoms with Crippen molar-refractivity contribution in [2.24, 2.45) is 0 Å². The highest BCUT2D eigenvalue weighted by molar-refractivity contribution is 6.02. The summed E-state index contributed by atoms with van der Waals surface area (Å²) in [6.45, 7) is 1.93. The van der Waals surface area contributed by atoms with Gasteiger partial charge in [0.1, 0.15) is 11.3 Å². The van der Waals surface area contributed by atoms with Crippen molar-refractivity contribution in [3.8, 4) is 28.2 Å². The SMILES string of the molecule is Cc1ccc(-c2c3cc(F)c(=O)cc-3oc3cc(O)c(F)cc23)cc1.O=C=O. The molecule has 0 spiro atoms. The molecule has 1 aliphatic heterocycles.